The Morgan fingerprint density at radius 1 is 1.11 bits per heavy atom. The van der Waals surface area contributed by atoms with E-state index in [0.717, 1.165) is 28.1 Å². The van der Waals surface area contributed by atoms with E-state index in [9.17, 15) is 9.59 Å². The normalized spacial score (nSPS) is 21.8. The number of carbonyl (C=O) groups excluding carboxylic acids is 1. The molecule has 2 aliphatic rings. The summed E-state index contributed by atoms with van der Waals surface area (Å²) in [6, 6.07) is 22.1. The van der Waals surface area contributed by atoms with E-state index in [4.69, 9.17) is 14.5 Å². The molecule has 0 fully saturated rings. The molecular formula is C29H25N3O4S. The predicted octanol–water partition coefficient (Wildman–Crippen LogP) is 3.64. The molecule has 7 nitrogen and oxygen atoms in total. The van der Waals surface area contributed by atoms with Crippen LogP contribution in [0.5, 0.6) is 11.5 Å². The molecule has 4 aromatic rings. The number of aromatic nitrogens is 1. The Labute approximate surface area is 217 Å². The third kappa shape index (κ3) is 3.84. The fraction of sp³-hybridized carbons (Fsp3) is 0.207. The highest BCUT2D eigenvalue weighted by molar-refractivity contribution is 7.07. The standard InChI is InChI=1S/C29H25N3O4S/c1-17-8-4-6-10-21(17)30-26(33)24-25-20-9-5-7-11-22(20)36-29(24,2)31-28-32(25)27(34)23(37-28)16-18-12-14-19(35-3)15-13-18/h4-16,24-25H,1-3H3,(H,30,33)/b23-16+. The van der Waals surface area contributed by atoms with Gasteiger partial charge in [-0.3, -0.25) is 14.2 Å². The molecule has 2 aliphatic heterocycles. The van der Waals surface area contributed by atoms with Gasteiger partial charge in [-0.1, -0.05) is 59.9 Å². The van der Waals surface area contributed by atoms with Crippen molar-refractivity contribution in [3.8, 4) is 11.5 Å². The molecular weight excluding hydrogens is 486 g/mol. The van der Waals surface area contributed by atoms with Crippen molar-refractivity contribution in [3.05, 3.63) is 109 Å². The molecule has 1 N–H and O–H groups in total. The molecule has 3 unspecified atom stereocenters. The van der Waals surface area contributed by atoms with Gasteiger partial charge in [0.25, 0.3) is 5.56 Å². The monoisotopic (exact) mass is 511 g/mol. The number of fused-ring (bicyclic) bond motifs is 6. The lowest BCUT2D eigenvalue weighted by molar-refractivity contribution is -0.131. The zero-order valence-electron chi connectivity index (χ0n) is 20.6. The summed E-state index contributed by atoms with van der Waals surface area (Å²) in [5.41, 5.74) is 1.97. The molecule has 2 bridgehead atoms. The smallest absolute Gasteiger partial charge is 0.270 e. The molecule has 8 heteroatoms. The lowest BCUT2D eigenvalue weighted by Crippen LogP contribution is -2.59. The maximum atomic E-state index is 13.8. The number of methoxy groups -OCH3 is 1. The molecule has 0 saturated heterocycles. The van der Waals surface area contributed by atoms with Crippen molar-refractivity contribution in [2.45, 2.75) is 25.6 Å². The summed E-state index contributed by atoms with van der Waals surface area (Å²) in [6.45, 7) is 3.76. The van der Waals surface area contributed by atoms with Gasteiger partial charge in [-0.2, -0.15) is 0 Å². The minimum absolute atomic E-state index is 0.183. The van der Waals surface area contributed by atoms with Crippen LogP contribution in [0.25, 0.3) is 6.08 Å². The van der Waals surface area contributed by atoms with Gasteiger partial charge in [0.05, 0.1) is 17.7 Å². The second-order valence-corrected chi connectivity index (χ2v) is 10.4. The molecule has 0 saturated carbocycles. The Kier molecular flexibility index (Phi) is 5.49. The van der Waals surface area contributed by atoms with Gasteiger partial charge < -0.3 is 14.8 Å². The number of hydrogen-bond acceptors (Lipinski definition) is 6. The largest absolute Gasteiger partial charge is 0.497 e. The van der Waals surface area contributed by atoms with Gasteiger partial charge in [-0.25, -0.2) is 4.99 Å². The summed E-state index contributed by atoms with van der Waals surface area (Å²) in [6.07, 6.45) is 1.84. The first-order chi connectivity index (χ1) is 17.9. The van der Waals surface area contributed by atoms with E-state index in [2.05, 4.69) is 5.32 Å². The Hall–Kier alpha value is -4.17. The number of thiazole rings is 1. The minimum atomic E-state index is -1.18. The molecule has 3 heterocycles. The van der Waals surface area contributed by atoms with Gasteiger partial charge in [-0.15, -0.1) is 0 Å². The van der Waals surface area contributed by atoms with Crippen molar-refractivity contribution in [2.75, 3.05) is 12.4 Å². The van der Waals surface area contributed by atoms with E-state index in [1.165, 1.54) is 11.3 Å². The first-order valence-electron chi connectivity index (χ1n) is 12.0. The maximum absolute atomic E-state index is 13.8. The topological polar surface area (TPSA) is 81.9 Å². The van der Waals surface area contributed by atoms with Crippen LogP contribution < -0.4 is 29.7 Å². The Bertz CT molecular complexity index is 1710. The van der Waals surface area contributed by atoms with Crippen molar-refractivity contribution in [2.24, 2.45) is 10.9 Å². The van der Waals surface area contributed by atoms with E-state index >= 15 is 0 Å². The van der Waals surface area contributed by atoms with Crippen LogP contribution in [0.1, 0.15) is 29.7 Å². The maximum Gasteiger partial charge on any atom is 0.270 e. The molecule has 1 amide bonds. The average Bonchev–Trinajstić information content (AvgIpc) is 3.18. The van der Waals surface area contributed by atoms with Crippen LogP contribution in [0, 0.1) is 12.8 Å². The van der Waals surface area contributed by atoms with Crippen LogP contribution in [0.4, 0.5) is 5.69 Å². The summed E-state index contributed by atoms with van der Waals surface area (Å²) in [7, 11) is 1.62. The fourth-order valence-electron chi connectivity index (χ4n) is 5.12. The number of anilines is 1. The minimum Gasteiger partial charge on any atom is -0.497 e. The van der Waals surface area contributed by atoms with Crippen LogP contribution >= 0.6 is 11.3 Å². The van der Waals surface area contributed by atoms with Crippen LogP contribution in [-0.4, -0.2) is 23.3 Å². The summed E-state index contributed by atoms with van der Waals surface area (Å²) < 4.78 is 13.8. The Morgan fingerprint density at radius 2 is 1.84 bits per heavy atom. The average molecular weight is 512 g/mol. The third-order valence-electron chi connectivity index (χ3n) is 6.98. The number of para-hydroxylation sites is 2. The number of aryl methyl sites for hydroxylation is 1. The van der Waals surface area contributed by atoms with E-state index in [0.29, 0.717) is 15.1 Å². The molecule has 1 aromatic heterocycles. The van der Waals surface area contributed by atoms with Crippen molar-refractivity contribution in [3.63, 3.8) is 0 Å². The summed E-state index contributed by atoms with van der Waals surface area (Å²) in [4.78, 5) is 33.1. The molecule has 37 heavy (non-hydrogen) atoms. The number of nitrogens with one attached hydrogen (secondary N) is 1. The van der Waals surface area contributed by atoms with Gasteiger partial charge >= 0.3 is 0 Å². The third-order valence-corrected chi connectivity index (χ3v) is 7.96. The summed E-state index contributed by atoms with van der Waals surface area (Å²) >= 11 is 1.30. The summed E-state index contributed by atoms with van der Waals surface area (Å²) in [5.74, 6) is 0.371. The van der Waals surface area contributed by atoms with Crippen molar-refractivity contribution >= 4 is 29.0 Å². The number of ether oxygens (including phenoxy) is 2. The van der Waals surface area contributed by atoms with E-state index in [-0.39, 0.29) is 11.5 Å². The zero-order chi connectivity index (χ0) is 25.7. The second kappa shape index (κ2) is 8.74. The highest BCUT2D eigenvalue weighted by atomic mass is 32.1. The van der Waals surface area contributed by atoms with Gasteiger partial charge in [-0.05, 0) is 55.3 Å². The van der Waals surface area contributed by atoms with Gasteiger partial charge in [0, 0.05) is 11.3 Å². The number of benzene rings is 3. The lowest BCUT2D eigenvalue weighted by atomic mass is 9.80. The summed E-state index contributed by atoms with van der Waals surface area (Å²) in [5, 5.41) is 3.06. The number of nitrogens with zero attached hydrogens (tertiary/aromatic N) is 2. The molecule has 3 aromatic carbocycles. The SMILES string of the molecule is COc1ccc(/C=c2/sc3n(c2=O)C2c4ccccc4OC(C)(N=3)C2C(=O)Nc2ccccc2C)cc1. The van der Waals surface area contributed by atoms with Crippen LogP contribution in [0.2, 0.25) is 0 Å². The second-order valence-electron chi connectivity index (χ2n) is 9.37. The first kappa shape index (κ1) is 23.2. The quantitative estimate of drug-likeness (QED) is 0.454. The highest BCUT2D eigenvalue weighted by Crippen LogP contribution is 2.47. The van der Waals surface area contributed by atoms with E-state index < -0.39 is 17.7 Å². The van der Waals surface area contributed by atoms with Gasteiger partial charge in [0.15, 0.2) is 4.80 Å². The van der Waals surface area contributed by atoms with Gasteiger partial charge in [0.1, 0.15) is 17.4 Å². The Morgan fingerprint density at radius 3 is 2.59 bits per heavy atom. The molecule has 0 aliphatic carbocycles. The van der Waals surface area contributed by atoms with Gasteiger partial charge in [0.2, 0.25) is 11.6 Å². The molecule has 0 spiro atoms. The molecule has 186 valence electrons. The highest BCUT2D eigenvalue weighted by Gasteiger charge is 2.55. The van der Waals surface area contributed by atoms with E-state index in [1.807, 2.05) is 92.7 Å². The zero-order valence-corrected chi connectivity index (χ0v) is 21.4. The van der Waals surface area contributed by atoms with Crippen molar-refractivity contribution < 1.29 is 14.3 Å². The van der Waals surface area contributed by atoms with Crippen molar-refractivity contribution in [1.29, 1.82) is 0 Å². The number of hydrogen-bond donors (Lipinski definition) is 1. The molecule has 3 atom stereocenters. The van der Waals surface area contributed by atoms with Crippen LogP contribution in [0.15, 0.2) is 82.6 Å². The number of carbonyl (C=O) groups is 1. The predicted molar refractivity (Wildman–Crippen MR) is 143 cm³/mol. The molecule has 6 rings (SSSR count). The number of rotatable bonds is 4. The van der Waals surface area contributed by atoms with Crippen molar-refractivity contribution in [1.82, 2.24) is 4.57 Å². The molecule has 0 radical (unpaired) electrons. The van der Waals surface area contributed by atoms with Crippen LogP contribution in [-0.2, 0) is 4.79 Å². The number of amides is 1. The van der Waals surface area contributed by atoms with E-state index in [1.54, 1.807) is 11.7 Å². The fourth-order valence-corrected chi connectivity index (χ4v) is 6.22. The first-order valence-corrected chi connectivity index (χ1v) is 12.8. The Balaban J connectivity index is 1.51. The lowest BCUT2D eigenvalue weighted by Gasteiger charge is -2.45. The van der Waals surface area contributed by atoms with Crippen LogP contribution in [0.3, 0.4) is 0 Å².